The summed E-state index contributed by atoms with van der Waals surface area (Å²) in [7, 11) is 0. The number of halogens is 1. The number of benzene rings is 1. The van der Waals surface area contributed by atoms with E-state index in [2.05, 4.69) is 5.32 Å². The maximum absolute atomic E-state index is 11.9. The molecule has 0 aliphatic carbocycles. The molecule has 15 heavy (non-hydrogen) atoms. The van der Waals surface area contributed by atoms with Crippen molar-refractivity contribution < 1.29 is 14.3 Å². The van der Waals surface area contributed by atoms with Gasteiger partial charge >= 0.3 is 5.97 Å². The van der Waals surface area contributed by atoms with Crippen molar-refractivity contribution in [3.8, 4) is 0 Å². The van der Waals surface area contributed by atoms with Crippen LogP contribution in [0.3, 0.4) is 0 Å². The smallest absolute Gasteiger partial charge is 0.307 e. The summed E-state index contributed by atoms with van der Waals surface area (Å²) in [6.07, 6.45) is -0.0619. The number of hydrogen-bond donors (Lipinski definition) is 3. The molecule has 0 fully saturated rings. The first kappa shape index (κ1) is 11.3. The van der Waals surface area contributed by atoms with Gasteiger partial charge < -0.3 is 16.2 Å². The average molecular weight is 212 g/mol. The molecule has 0 aromatic heterocycles. The van der Waals surface area contributed by atoms with E-state index in [4.69, 9.17) is 10.8 Å². The van der Waals surface area contributed by atoms with Gasteiger partial charge in [0.25, 0.3) is 0 Å². The Morgan fingerprint density at radius 1 is 1.53 bits per heavy atom. The summed E-state index contributed by atoms with van der Waals surface area (Å²) in [5.41, 5.74) is 7.35. The van der Waals surface area contributed by atoms with Crippen LogP contribution in [-0.4, -0.2) is 24.3 Å². The number of nitrogen functional groups attached to an aromatic ring is 1. The van der Waals surface area contributed by atoms with Crippen LogP contribution in [0.15, 0.2) is 18.2 Å². The summed E-state index contributed by atoms with van der Waals surface area (Å²) in [6, 6.07) is 4.89. The molecule has 0 unspecified atom stereocenters. The molecule has 1 aromatic rings. The molecule has 1 rings (SSSR count). The number of carbonyl (C=O) groups is 1. The summed E-state index contributed by atoms with van der Waals surface area (Å²) in [5.74, 6) is -0.904. The molecule has 1 aromatic carbocycles. The lowest BCUT2D eigenvalue weighted by molar-refractivity contribution is -0.136. The SMILES string of the molecule is Nc1cc(CC(=O)O)ccc1NCCF. The number of carboxylic acids is 1. The lowest BCUT2D eigenvalue weighted by Gasteiger charge is -2.08. The second-order valence-corrected chi connectivity index (χ2v) is 3.11. The summed E-state index contributed by atoms with van der Waals surface area (Å²) >= 11 is 0. The van der Waals surface area contributed by atoms with Crippen molar-refractivity contribution in [2.45, 2.75) is 6.42 Å². The topological polar surface area (TPSA) is 75.4 Å². The molecule has 0 spiro atoms. The fourth-order valence-electron chi connectivity index (χ4n) is 1.24. The lowest BCUT2D eigenvalue weighted by Crippen LogP contribution is -2.06. The molecule has 0 saturated carbocycles. The molecule has 0 aliphatic rings. The van der Waals surface area contributed by atoms with Gasteiger partial charge in [-0.2, -0.15) is 0 Å². The van der Waals surface area contributed by atoms with Crippen LogP contribution in [-0.2, 0) is 11.2 Å². The van der Waals surface area contributed by atoms with Crippen LogP contribution in [0.2, 0.25) is 0 Å². The van der Waals surface area contributed by atoms with E-state index in [-0.39, 0.29) is 13.0 Å². The highest BCUT2D eigenvalue weighted by molar-refractivity contribution is 5.73. The molecule has 0 amide bonds. The summed E-state index contributed by atoms with van der Waals surface area (Å²) in [6.45, 7) is -0.279. The molecule has 4 nitrogen and oxygen atoms in total. The Kier molecular flexibility index (Phi) is 3.91. The summed E-state index contributed by atoms with van der Waals surface area (Å²) in [5, 5.41) is 11.4. The lowest BCUT2D eigenvalue weighted by atomic mass is 10.1. The standard InChI is InChI=1S/C10H13FN2O2/c11-3-4-13-9-2-1-7(5-8(9)12)6-10(14)15/h1-2,5,13H,3-4,6,12H2,(H,14,15). The Morgan fingerprint density at radius 2 is 2.27 bits per heavy atom. The van der Waals surface area contributed by atoms with Gasteiger partial charge in [-0.3, -0.25) is 4.79 Å². The number of hydrogen-bond acceptors (Lipinski definition) is 3. The molecule has 0 radical (unpaired) electrons. The Hall–Kier alpha value is -1.78. The summed E-state index contributed by atoms with van der Waals surface area (Å²) < 4.78 is 11.9. The minimum atomic E-state index is -0.904. The largest absolute Gasteiger partial charge is 0.481 e. The monoisotopic (exact) mass is 212 g/mol. The molecule has 0 saturated heterocycles. The zero-order valence-electron chi connectivity index (χ0n) is 8.16. The van der Waals surface area contributed by atoms with E-state index >= 15 is 0 Å². The molecule has 0 aliphatic heterocycles. The first-order valence-electron chi connectivity index (χ1n) is 4.53. The van der Waals surface area contributed by atoms with Gasteiger partial charge in [0.05, 0.1) is 17.8 Å². The maximum Gasteiger partial charge on any atom is 0.307 e. The predicted octanol–water partition coefficient (Wildman–Crippen LogP) is 1.28. The first-order valence-corrected chi connectivity index (χ1v) is 4.53. The Labute approximate surface area is 86.9 Å². The van der Waals surface area contributed by atoms with Crippen LogP contribution in [0.1, 0.15) is 5.56 Å². The van der Waals surface area contributed by atoms with Crippen LogP contribution in [0.25, 0.3) is 0 Å². The van der Waals surface area contributed by atoms with Gasteiger partial charge in [-0.15, -0.1) is 0 Å². The highest BCUT2D eigenvalue weighted by atomic mass is 19.1. The first-order chi connectivity index (χ1) is 7.13. The number of anilines is 2. The quantitative estimate of drug-likeness (QED) is 0.642. The molecular weight excluding hydrogens is 199 g/mol. The van der Waals surface area contributed by atoms with Crippen LogP contribution in [0.5, 0.6) is 0 Å². The van der Waals surface area contributed by atoms with E-state index in [1.807, 2.05) is 0 Å². The van der Waals surface area contributed by atoms with Crippen LogP contribution in [0, 0.1) is 0 Å². The third kappa shape index (κ3) is 3.46. The zero-order chi connectivity index (χ0) is 11.3. The Morgan fingerprint density at radius 3 is 2.80 bits per heavy atom. The second kappa shape index (κ2) is 5.19. The number of carboxylic acid groups (broad SMARTS) is 1. The summed E-state index contributed by atoms with van der Waals surface area (Å²) in [4.78, 5) is 10.4. The highest BCUT2D eigenvalue weighted by Crippen LogP contribution is 2.19. The van der Waals surface area contributed by atoms with Gasteiger partial charge in [0.1, 0.15) is 6.67 Å². The van der Waals surface area contributed by atoms with E-state index in [1.165, 1.54) is 0 Å². The average Bonchev–Trinajstić information content (AvgIpc) is 2.15. The Balaban J connectivity index is 2.74. The Bertz CT molecular complexity index is 355. The number of nitrogens with two attached hydrogens (primary N) is 1. The van der Waals surface area contributed by atoms with Crippen LogP contribution >= 0.6 is 0 Å². The highest BCUT2D eigenvalue weighted by Gasteiger charge is 2.03. The molecule has 0 atom stereocenters. The van der Waals surface area contributed by atoms with Gasteiger partial charge in [-0.05, 0) is 17.7 Å². The van der Waals surface area contributed by atoms with Crippen molar-refractivity contribution >= 4 is 17.3 Å². The number of aliphatic carboxylic acids is 1. The third-order valence-electron chi connectivity index (χ3n) is 1.88. The van der Waals surface area contributed by atoms with E-state index in [1.54, 1.807) is 18.2 Å². The molecule has 82 valence electrons. The zero-order valence-corrected chi connectivity index (χ0v) is 8.16. The predicted molar refractivity (Wildman–Crippen MR) is 56.7 cm³/mol. The maximum atomic E-state index is 11.9. The van der Waals surface area contributed by atoms with Gasteiger partial charge in [0.15, 0.2) is 0 Å². The van der Waals surface area contributed by atoms with Gasteiger partial charge in [-0.1, -0.05) is 6.07 Å². The molecule has 4 N–H and O–H groups in total. The van der Waals surface area contributed by atoms with Crippen molar-refractivity contribution in [1.29, 1.82) is 0 Å². The number of rotatable bonds is 5. The number of alkyl halides is 1. The van der Waals surface area contributed by atoms with E-state index in [0.717, 1.165) is 0 Å². The van der Waals surface area contributed by atoms with Crippen molar-refractivity contribution in [3.63, 3.8) is 0 Å². The normalized spacial score (nSPS) is 9.93. The van der Waals surface area contributed by atoms with E-state index < -0.39 is 12.6 Å². The van der Waals surface area contributed by atoms with Crippen LogP contribution < -0.4 is 11.1 Å². The minimum Gasteiger partial charge on any atom is -0.481 e. The molecule has 5 heteroatoms. The second-order valence-electron chi connectivity index (χ2n) is 3.11. The third-order valence-corrected chi connectivity index (χ3v) is 1.88. The molecule has 0 bridgehead atoms. The van der Waals surface area contributed by atoms with Gasteiger partial charge in [0.2, 0.25) is 0 Å². The van der Waals surface area contributed by atoms with E-state index in [9.17, 15) is 9.18 Å². The molecule has 0 heterocycles. The fourth-order valence-corrected chi connectivity index (χ4v) is 1.24. The van der Waals surface area contributed by atoms with Gasteiger partial charge in [-0.25, -0.2) is 4.39 Å². The van der Waals surface area contributed by atoms with Crippen molar-refractivity contribution in [3.05, 3.63) is 23.8 Å². The van der Waals surface area contributed by atoms with E-state index in [0.29, 0.717) is 16.9 Å². The van der Waals surface area contributed by atoms with Crippen molar-refractivity contribution in [2.75, 3.05) is 24.3 Å². The van der Waals surface area contributed by atoms with Crippen molar-refractivity contribution in [2.24, 2.45) is 0 Å². The van der Waals surface area contributed by atoms with Crippen molar-refractivity contribution in [1.82, 2.24) is 0 Å². The van der Waals surface area contributed by atoms with Crippen LogP contribution in [0.4, 0.5) is 15.8 Å². The fraction of sp³-hybridized carbons (Fsp3) is 0.300. The minimum absolute atomic E-state index is 0.0619. The number of nitrogens with one attached hydrogen (secondary N) is 1. The molecular formula is C10H13FN2O2. The van der Waals surface area contributed by atoms with Gasteiger partial charge in [0, 0.05) is 6.54 Å².